The Labute approximate surface area is 197 Å². The Balaban J connectivity index is 1.39. The Kier molecular flexibility index (Phi) is 5.86. The van der Waals surface area contributed by atoms with Crippen LogP contribution in [-0.4, -0.2) is 38.1 Å². The Morgan fingerprint density at radius 1 is 1.00 bits per heavy atom. The summed E-state index contributed by atoms with van der Waals surface area (Å²) in [4.78, 5) is 28.5. The van der Waals surface area contributed by atoms with Crippen LogP contribution in [0.1, 0.15) is 23.1 Å². The second kappa shape index (κ2) is 9.27. The van der Waals surface area contributed by atoms with Crippen molar-refractivity contribution in [3.63, 3.8) is 0 Å². The molecule has 0 saturated carbocycles. The van der Waals surface area contributed by atoms with Crippen molar-refractivity contribution in [3.05, 3.63) is 95.8 Å². The van der Waals surface area contributed by atoms with Crippen LogP contribution in [0.4, 0.5) is 11.4 Å². The number of aryl methyl sites for hydroxylation is 2. The van der Waals surface area contributed by atoms with Gasteiger partial charge in [-0.05, 0) is 71.7 Å². The van der Waals surface area contributed by atoms with Crippen molar-refractivity contribution >= 4 is 23.2 Å². The average Bonchev–Trinajstić information content (AvgIpc) is 3.40. The van der Waals surface area contributed by atoms with Crippen LogP contribution in [0.2, 0.25) is 0 Å². The third-order valence-corrected chi connectivity index (χ3v) is 6.05. The SMILES string of the molecule is Cc1ccc(NC(=O)C2CCc3ccccc3N2C(=O)Cc2ccc(-n3cnnn3)cc2)cc1. The fourth-order valence-corrected chi connectivity index (χ4v) is 4.27. The highest BCUT2D eigenvalue weighted by Crippen LogP contribution is 2.32. The van der Waals surface area contributed by atoms with Crippen molar-refractivity contribution in [2.24, 2.45) is 0 Å². The van der Waals surface area contributed by atoms with E-state index in [2.05, 4.69) is 20.8 Å². The highest BCUT2D eigenvalue weighted by Gasteiger charge is 2.35. The van der Waals surface area contributed by atoms with Crippen molar-refractivity contribution in [1.29, 1.82) is 0 Å². The van der Waals surface area contributed by atoms with Gasteiger partial charge in [-0.3, -0.25) is 14.5 Å². The number of anilines is 2. The zero-order chi connectivity index (χ0) is 23.5. The topological polar surface area (TPSA) is 93.0 Å². The highest BCUT2D eigenvalue weighted by molar-refractivity contribution is 6.06. The fourth-order valence-electron chi connectivity index (χ4n) is 4.27. The predicted octanol–water partition coefficient (Wildman–Crippen LogP) is 3.50. The van der Waals surface area contributed by atoms with Crippen molar-refractivity contribution in [3.8, 4) is 5.69 Å². The Morgan fingerprint density at radius 2 is 1.76 bits per heavy atom. The van der Waals surface area contributed by atoms with Gasteiger partial charge < -0.3 is 5.32 Å². The molecule has 8 heteroatoms. The molecule has 3 aromatic carbocycles. The molecule has 1 atom stereocenters. The van der Waals surface area contributed by atoms with Gasteiger partial charge in [-0.15, -0.1) is 5.10 Å². The molecule has 2 heterocycles. The number of nitrogens with zero attached hydrogens (tertiary/aromatic N) is 5. The molecule has 170 valence electrons. The molecule has 5 rings (SSSR count). The summed E-state index contributed by atoms with van der Waals surface area (Å²) in [6.45, 7) is 2.00. The molecule has 0 spiro atoms. The molecule has 1 aliphatic heterocycles. The molecule has 1 N–H and O–H groups in total. The lowest BCUT2D eigenvalue weighted by atomic mass is 9.94. The first-order chi connectivity index (χ1) is 16.6. The van der Waals surface area contributed by atoms with Crippen LogP contribution in [0, 0.1) is 6.92 Å². The summed E-state index contributed by atoms with van der Waals surface area (Å²) in [5.74, 6) is -0.299. The molecule has 0 fully saturated rings. The average molecular weight is 453 g/mol. The number of aromatic nitrogens is 4. The van der Waals surface area contributed by atoms with E-state index in [4.69, 9.17) is 0 Å². The van der Waals surface area contributed by atoms with E-state index in [1.54, 1.807) is 9.58 Å². The molecule has 0 saturated heterocycles. The van der Waals surface area contributed by atoms with Crippen molar-refractivity contribution in [2.45, 2.75) is 32.2 Å². The van der Waals surface area contributed by atoms with E-state index in [-0.39, 0.29) is 18.2 Å². The standard InChI is InChI=1S/C26H24N6O2/c1-18-6-11-21(12-7-18)28-26(34)24-15-10-20-4-2-3-5-23(20)32(24)25(33)16-19-8-13-22(14-9-19)31-17-27-29-30-31/h2-9,11-14,17,24H,10,15-16H2,1H3,(H,28,34). The van der Waals surface area contributed by atoms with Gasteiger partial charge in [0, 0.05) is 11.4 Å². The van der Waals surface area contributed by atoms with Crippen LogP contribution in [-0.2, 0) is 22.4 Å². The molecular formula is C26H24N6O2. The number of benzene rings is 3. The number of hydrogen-bond donors (Lipinski definition) is 1. The smallest absolute Gasteiger partial charge is 0.247 e. The number of amides is 2. The molecule has 0 bridgehead atoms. The number of fused-ring (bicyclic) bond motifs is 1. The quantitative estimate of drug-likeness (QED) is 0.500. The summed E-state index contributed by atoms with van der Waals surface area (Å²) in [7, 11) is 0. The van der Waals surface area contributed by atoms with Crippen LogP contribution in [0.3, 0.4) is 0 Å². The molecule has 1 aromatic heterocycles. The van der Waals surface area contributed by atoms with E-state index in [1.807, 2.05) is 79.7 Å². The number of carbonyl (C=O) groups is 2. The van der Waals surface area contributed by atoms with Gasteiger partial charge in [0.05, 0.1) is 12.1 Å². The second-order valence-corrected chi connectivity index (χ2v) is 8.40. The molecular weight excluding hydrogens is 428 g/mol. The summed E-state index contributed by atoms with van der Waals surface area (Å²) < 4.78 is 1.55. The molecule has 34 heavy (non-hydrogen) atoms. The second-order valence-electron chi connectivity index (χ2n) is 8.40. The van der Waals surface area contributed by atoms with Crippen molar-refractivity contribution < 1.29 is 9.59 Å². The van der Waals surface area contributed by atoms with Gasteiger partial charge in [-0.1, -0.05) is 48.0 Å². The summed E-state index contributed by atoms with van der Waals surface area (Å²) in [6, 6.07) is 22.4. The molecule has 0 radical (unpaired) electrons. The first-order valence-corrected chi connectivity index (χ1v) is 11.2. The summed E-state index contributed by atoms with van der Waals surface area (Å²) in [6.07, 6.45) is 3.01. The first kappa shape index (κ1) is 21.5. The minimum absolute atomic E-state index is 0.119. The van der Waals surface area contributed by atoms with E-state index in [9.17, 15) is 9.59 Å². The van der Waals surface area contributed by atoms with Gasteiger partial charge in [0.2, 0.25) is 11.8 Å². The summed E-state index contributed by atoms with van der Waals surface area (Å²) in [5, 5.41) is 14.2. The van der Waals surface area contributed by atoms with Gasteiger partial charge in [-0.2, -0.15) is 0 Å². The number of tetrazole rings is 1. The maximum Gasteiger partial charge on any atom is 0.247 e. The van der Waals surface area contributed by atoms with Gasteiger partial charge in [0.1, 0.15) is 12.4 Å². The third kappa shape index (κ3) is 4.43. The van der Waals surface area contributed by atoms with E-state index < -0.39 is 6.04 Å². The van der Waals surface area contributed by atoms with E-state index >= 15 is 0 Å². The van der Waals surface area contributed by atoms with E-state index in [0.29, 0.717) is 6.42 Å². The zero-order valence-electron chi connectivity index (χ0n) is 18.8. The first-order valence-electron chi connectivity index (χ1n) is 11.2. The third-order valence-electron chi connectivity index (χ3n) is 6.05. The zero-order valence-corrected chi connectivity index (χ0v) is 18.8. The van der Waals surface area contributed by atoms with Gasteiger partial charge in [-0.25, -0.2) is 4.68 Å². The van der Waals surface area contributed by atoms with E-state index in [1.165, 1.54) is 6.33 Å². The van der Waals surface area contributed by atoms with Crippen LogP contribution < -0.4 is 10.2 Å². The monoisotopic (exact) mass is 452 g/mol. The Hall–Kier alpha value is -4.33. The van der Waals surface area contributed by atoms with Crippen LogP contribution in [0.5, 0.6) is 0 Å². The lowest BCUT2D eigenvalue weighted by molar-refractivity contribution is -0.123. The van der Waals surface area contributed by atoms with Crippen molar-refractivity contribution in [1.82, 2.24) is 20.2 Å². The Morgan fingerprint density at radius 3 is 2.50 bits per heavy atom. The fraction of sp³-hybridized carbons (Fsp3) is 0.192. The number of carbonyl (C=O) groups excluding carboxylic acids is 2. The highest BCUT2D eigenvalue weighted by atomic mass is 16.2. The molecule has 0 aliphatic carbocycles. The largest absolute Gasteiger partial charge is 0.324 e. The Bertz CT molecular complexity index is 1300. The number of para-hydroxylation sites is 1. The van der Waals surface area contributed by atoms with Crippen LogP contribution >= 0.6 is 0 Å². The maximum atomic E-state index is 13.6. The molecule has 4 aromatic rings. The van der Waals surface area contributed by atoms with Crippen molar-refractivity contribution in [2.75, 3.05) is 10.2 Å². The maximum absolute atomic E-state index is 13.6. The molecule has 2 amide bonds. The lowest BCUT2D eigenvalue weighted by Crippen LogP contribution is -2.50. The summed E-state index contributed by atoms with van der Waals surface area (Å²) >= 11 is 0. The number of hydrogen-bond acceptors (Lipinski definition) is 5. The van der Waals surface area contributed by atoms with Crippen LogP contribution in [0.15, 0.2) is 79.1 Å². The summed E-state index contributed by atoms with van der Waals surface area (Å²) in [5.41, 5.74) is 5.37. The van der Waals surface area contributed by atoms with Crippen LogP contribution in [0.25, 0.3) is 5.69 Å². The van der Waals surface area contributed by atoms with Gasteiger partial charge >= 0.3 is 0 Å². The molecule has 1 unspecified atom stereocenters. The van der Waals surface area contributed by atoms with Gasteiger partial charge in [0.25, 0.3) is 0 Å². The number of nitrogens with one attached hydrogen (secondary N) is 1. The van der Waals surface area contributed by atoms with E-state index in [0.717, 1.165) is 40.2 Å². The normalized spacial score (nSPS) is 15.0. The minimum Gasteiger partial charge on any atom is -0.324 e. The number of rotatable bonds is 5. The predicted molar refractivity (Wildman–Crippen MR) is 129 cm³/mol. The van der Waals surface area contributed by atoms with Gasteiger partial charge in [0.15, 0.2) is 0 Å². The molecule has 8 nitrogen and oxygen atoms in total. The minimum atomic E-state index is -0.579. The molecule has 1 aliphatic rings. The lowest BCUT2D eigenvalue weighted by Gasteiger charge is -2.36.